The largest absolute Gasteiger partial charge is 0.365 e. The summed E-state index contributed by atoms with van der Waals surface area (Å²) in [6, 6.07) is 0. The van der Waals surface area contributed by atoms with Gasteiger partial charge in [-0.05, 0) is 55.6 Å². The molecule has 0 aromatic carbocycles. The predicted octanol–water partition coefficient (Wildman–Crippen LogP) is 6.13. The Kier molecular flexibility index (Phi) is 4.25. The van der Waals surface area contributed by atoms with Gasteiger partial charge in [0.1, 0.15) is 0 Å². The van der Waals surface area contributed by atoms with Crippen LogP contribution in [0.5, 0.6) is 0 Å². The van der Waals surface area contributed by atoms with Crippen LogP contribution in [0.2, 0.25) is 0 Å². The zero-order chi connectivity index (χ0) is 16.1. The maximum Gasteiger partial charge on any atom is 0.0856 e. The molecular formula is C21H36O. The van der Waals surface area contributed by atoms with Gasteiger partial charge in [-0.3, -0.25) is 0 Å². The van der Waals surface area contributed by atoms with Crippen LogP contribution >= 0.6 is 0 Å². The maximum atomic E-state index is 6.63. The molecule has 1 saturated heterocycles. The van der Waals surface area contributed by atoms with E-state index in [2.05, 4.69) is 41.5 Å². The van der Waals surface area contributed by atoms with Crippen LogP contribution in [0.4, 0.5) is 0 Å². The quantitative estimate of drug-likeness (QED) is 0.567. The molecule has 0 aromatic heterocycles. The number of hydrogen-bond acceptors (Lipinski definition) is 1. The fourth-order valence-corrected chi connectivity index (χ4v) is 5.56. The van der Waals surface area contributed by atoms with Gasteiger partial charge >= 0.3 is 0 Å². The molecule has 22 heavy (non-hydrogen) atoms. The SMILES string of the molecule is CCC(C)CCC1=C(C)C2OC1C(C)(C)C21CCC(C)CC1. The molecule has 1 aliphatic carbocycles. The lowest BCUT2D eigenvalue weighted by Crippen LogP contribution is -2.49. The minimum atomic E-state index is 0.322. The van der Waals surface area contributed by atoms with Crippen molar-refractivity contribution < 1.29 is 4.74 Å². The lowest BCUT2D eigenvalue weighted by molar-refractivity contribution is 0.0171. The van der Waals surface area contributed by atoms with Crippen molar-refractivity contribution in [2.45, 2.75) is 98.7 Å². The van der Waals surface area contributed by atoms with Gasteiger partial charge in [-0.25, -0.2) is 0 Å². The second kappa shape index (κ2) is 5.65. The van der Waals surface area contributed by atoms with Crippen molar-refractivity contribution in [2.24, 2.45) is 22.7 Å². The Labute approximate surface area is 137 Å². The van der Waals surface area contributed by atoms with Gasteiger partial charge in [0.2, 0.25) is 0 Å². The van der Waals surface area contributed by atoms with Crippen LogP contribution in [0.15, 0.2) is 11.1 Å². The standard InChI is InChI=1S/C21H36O/c1-7-14(2)8-9-17-16(4)18-21(12-10-15(3)11-13-21)20(5,6)19(17)22-18/h14-15,18-19H,7-13H2,1-6H3. The van der Waals surface area contributed by atoms with Crippen molar-refractivity contribution >= 4 is 0 Å². The minimum absolute atomic E-state index is 0.322. The second-order valence-electron chi connectivity index (χ2n) is 9.22. The molecule has 3 atom stereocenters. The molecule has 2 heterocycles. The highest BCUT2D eigenvalue weighted by molar-refractivity contribution is 5.37. The Hall–Kier alpha value is -0.300. The van der Waals surface area contributed by atoms with Crippen LogP contribution < -0.4 is 0 Å². The highest BCUT2D eigenvalue weighted by atomic mass is 16.5. The normalized spacial score (nSPS) is 41.5. The van der Waals surface area contributed by atoms with Crippen molar-refractivity contribution in [3.05, 3.63) is 11.1 Å². The van der Waals surface area contributed by atoms with Crippen LogP contribution in [-0.4, -0.2) is 12.2 Å². The summed E-state index contributed by atoms with van der Waals surface area (Å²) >= 11 is 0. The summed E-state index contributed by atoms with van der Waals surface area (Å²) < 4.78 is 6.63. The average molecular weight is 305 g/mol. The average Bonchev–Trinajstić information content (AvgIpc) is 2.93. The first-order valence-corrected chi connectivity index (χ1v) is 9.68. The van der Waals surface area contributed by atoms with Crippen molar-refractivity contribution in [1.82, 2.24) is 0 Å². The van der Waals surface area contributed by atoms with Gasteiger partial charge in [0.25, 0.3) is 0 Å². The van der Waals surface area contributed by atoms with E-state index in [1.54, 1.807) is 11.1 Å². The third-order valence-electron chi connectivity index (χ3n) is 7.70. The molecule has 0 amide bonds. The molecular weight excluding hydrogens is 268 g/mol. The molecule has 2 aliphatic heterocycles. The summed E-state index contributed by atoms with van der Waals surface area (Å²) in [5.74, 6) is 1.75. The van der Waals surface area contributed by atoms with Crippen LogP contribution in [0.3, 0.4) is 0 Å². The third kappa shape index (κ3) is 2.22. The number of hydrogen-bond donors (Lipinski definition) is 0. The molecule has 1 nitrogen and oxygen atoms in total. The van der Waals surface area contributed by atoms with E-state index in [0.717, 1.165) is 11.8 Å². The van der Waals surface area contributed by atoms with Gasteiger partial charge in [-0.1, -0.05) is 53.9 Å². The Morgan fingerprint density at radius 1 is 1.18 bits per heavy atom. The minimum Gasteiger partial charge on any atom is -0.365 e. The summed E-state index contributed by atoms with van der Waals surface area (Å²) in [7, 11) is 0. The lowest BCUT2D eigenvalue weighted by atomic mass is 9.50. The van der Waals surface area contributed by atoms with E-state index in [0.29, 0.717) is 23.0 Å². The number of fused-ring (bicyclic) bond motifs is 3. The van der Waals surface area contributed by atoms with Gasteiger partial charge in [0.15, 0.2) is 0 Å². The lowest BCUT2D eigenvalue weighted by Gasteiger charge is -2.51. The molecule has 0 radical (unpaired) electrons. The van der Waals surface area contributed by atoms with Crippen LogP contribution in [0, 0.1) is 22.7 Å². The van der Waals surface area contributed by atoms with Crippen molar-refractivity contribution in [2.75, 3.05) is 0 Å². The van der Waals surface area contributed by atoms with Gasteiger partial charge in [-0.2, -0.15) is 0 Å². The monoisotopic (exact) mass is 304 g/mol. The summed E-state index contributed by atoms with van der Waals surface area (Å²) in [4.78, 5) is 0. The first-order valence-electron chi connectivity index (χ1n) is 9.68. The molecule has 0 N–H and O–H groups in total. The highest BCUT2D eigenvalue weighted by Gasteiger charge is 2.65. The van der Waals surface area contributed by atoms with Gasteiger partial charge in [-0.15, -0.1) is 0 Å². The van der Waals surface area contributed by atoms with E-state index >= 15 is 0 Å². The van der Waals surface area contributed by atoms with E-state index < -0.39 is 0 Å². The highest BCUT2D eigenvalue weighted by Crippen LogP contribution is 2.67. The Morgan fingerprint density at radius 3 is 2.41 bits per heavy atom. The summed E-state index contributed by atoms with van der Waals surface area (Å²) in [6.07, 6.45) is 10.2. The van der Waals surface area contributed by atoms with Gasteiger partial charge < -0.3 is 4.74 Å². The Balaban J connectivity index is 1.84. The van der Waals surface area contributed by atoms with E-state index in [-0.39, 0.29) is 0 Å². The number of ether oxygens (including phenoxy) is 1. The molecule has 0 aromatic rings. The smallest absolute Gasteiger partial charge is 0.0856 e. The number of rotatable bonds is 4. The van der Waals surface area contributed by atoms with Crippen molar-refractivity contribution in [3.8, 4) is 0 Å². The molecule has 1 saturated carbocycles. The van der Waals surface area contributed by atoms with Gasteiger partial charge in [0.05, 0.1) is 12.2 Å². The van der Waals surface area contributed by atoms with E-state index in [4.69, 9.17) is 4.74 Å². The summed E-state index contributed by atoms with van der Waals surface area (Å²) in [5, 5.41) is 0. The molecule has 2 bridgehead atoms. The summed E-state index contributed by atoms with van der Waals surface area (Å²) in [6.45, 7) is 14.5. The topological polar surface area (TPSA) is 9.23 Å². The molecule has 1 spiro atoms. The van der Waals surface area contributed by atoms with E-state index in [1.807, 2.05) is 0 Å². The Bertz CT molecular complexity index is 451. The molecule has 3 aliphatic rings. The first-order chi connectivity index (χ1) is 10.3. The van der Waals surface area contributed by atoms with Crippen molar-refractivity contribution in [3.63, 3.8) is 0 Å². The van der Waals surface area contributed by atoms with Crippen LogP contribution in [0.1, 0.15) is 86.5 Å². The molecule has 2 fully saturated rings. The molecule has 1 heteroatoms. The van der Waals surface area contributed by atoms with Gasteiger partial charge in [0, 0.05) is 10.8 Å². The predicted molar refractivity (Wildman–Crippen MR) is 93.9 cm³/mol. The fourth-order valence-electron chi connectivity index (χ4n) is 5.56. The van der Waals surface area contributed by atoms with E-state index in [9.17, 15) is 0 Å². The molecule has 3 rings (SSSR count). The molecule has 126 valence electrons. The van der Waals surface area contributed by atoms with Crippen molar-refractivity contribution in [1.29, 1.82) is 0 Å². The fraction of sp³-hybridized carbons (Fsp3) is 0.905. The molecule has 3 unspecified atom stereocenters. The van der Waals surface area contributed by atoms with Crippen LogP contribution in [-0.2, 0) is 4.74 Å². The second-order valence-corrected chi connectivity index (χ2v) is 9.22. The summed E-state index contributed by atoms with van der Waals surface area (Å²) in [5.41, 5.74) is 4.03. The zero-order valence-corrected chi connectivity index (χ0v) is 15.7. The Morgan fingerprint density at radius 2 is 1.82 bits per heavy atom. The first kappa shape index (κ1) is 16.6. The third-order valence-corrected chi connectivity index (χ3v) is 7.70. The zero-order valence-electron chi connectivity index (χ0n) is 15.7. The van der Waals surface area contributed by atoms with E-state index in [1.165, 1.54) is 44.9 Å². The maximum absolute atomic E-state index is 6.63. The van der Waals surface area contributed by atoms with Crippen LogP contribution in [0.25, 0.3) is 0 Å².